The summed E-state index contributed by atoms with van der Waals surface area (Å²) in [6.45, 7) is -0.599. The van der Waals surface area contributed by atoms with Crippen molar-refractivity contribution in [2.45, 2.75) is 56.0 Å². The van der Waals surface area contributed by atoms with Crippen molar-refractivity contribution >= 4 is 11.8 Å². The Balaban J connectivity index is 1.46. The predicted octanol–water partition coefficient (Wildman–Crippen LogP) is 1.58. The highest BCUT2D eigenvalue weighted by atomic mass is 19.4. The van der Waals surface area contributed by atoms with E-state index < -0.39 is 30.7 Å². The second-order valence-corrected chi connectivity index (χ2v) is 8.47. The SMILES string of the molecule is N[C@H]1CN(CC(F)(F)F)CC[C@H]2CC[C@@H](C(=O)N[C@@H]3CCOc4ccccc43)N2C1=O. The van der Waals surface area contributed by atoms with Crippen molar-refractivity contribution in [1.29, 1.82) is 0 Å². The number of ether oxygens (including phenoxy) is 1. The lowest BCUT2D eigenvalue weighted by Crippen LogP contribution is -2.59. The van der Waals surface area contributed by atoms with Gasteiger partial charge in [-0.15, -0.1) is 0 Å². The van der Waals surface area contributed by atoms with Gasteiger partial charge >= 0.3 is 6.18 Å². The van der Waals surface area contributed by atoms with Gasteiger partial charge in [0.1, 0.15) is 11.8 Å². The molecule has 0 aromatic heterocycles. The second-order valence-electron chi connectivity index (χ2n) is 8.47. The van der Waals surface area contributed by atoms with Crippen molar-refractivity contribution < 1.29 is 27.5 Å². The minimum Gasteiger partial charge on any atom is -0.493 e. The van der Waals surface area contributed by atoms with Crippen LogP contribution in [0.2, 0.25) is 0 Å². The van der Waals surface area contributed by atoms with Crippen LogP contribution in [0.3, 0.4) is 0 Å². The number of nitrogens with one attached hydrogen (secondary N) is 1. The molecule has 2 saturated heterocycles. The van der Waals surface area contributed by atoms with Crippen molar-refractivity contribution in [3.8, 4) is 5.75 Å². The van der Waals surface area contributed by atoms with Crippen LogP contribution in [0, 0.1) is 0 Å². The molecule has 3 aliphatic heterocycles. The highest BCUT2D eigenvalue weighted by molar-refractivity contribution is 5.91. The van der Waals surface area contributed by atoms with Crippen LogP contribution < -0.4 is 15.8 Å². The van der Waals surface area contributed by atoms with E-state index in [0.717, 1.165) is 11.3 Å². The number of hydrogen-bond donors (Lipinski definition) is 2. The highest BCUT2D eigenvalue weighted by Crippen LogP contribution is 2.34. The maximum Gasteiger partial charge on any atom is 0.401 e. The summed E-state index contributed by atoms with van der Waals surface area (Å²) in [5.74, 6) is 0.0249. The molecule has 0 radical (unpaired) electrons. The fourth-order valence-electron chi connectivity index (χ4n) is 4.88. The van der Waals surface area contributed by atoms with Gasteiger partial charge in [-0.2, -0.15) is 13.2 Å². The number of amides is 2. The van der Waals surface area contributed by atoms with Crippen LogP contribution in [0.25, 0.3) is 0 Å². The first kappa shape index (κ1) is 21.9. The molecule has 170 valence electrons. The van der Waals surface area contributed by atoms with Gasteiger partial charge in [0.05, 0.1) is 25.2 Å². The van der Waals surface area contributed by atoms with Crippen molar-refractivity contribution in [3.05, 3.63) is 29.8 Å². The van der Waals surface area contributed by atoms with Crippen LogP contribution >= 0.6 is 0 Å². The van der Waals surface area contributed by atoms with Gasteiger partial charge < -0.3 is 20.7 Å². The molecule has 2 amide bonds. The third-order valence-electron chi connectivity index (χ3n) is 6.29. The number of rotatable bonds is 3. The average molecular weight is 440 g/mol. The first-order valence-electron chi connectivity index (χ1n) is 10.6. The Bertz CT molecular complexity index is 834. The number of nitrogens with zero attached hydrogens (tertiary/aromatic N) is 2. The molecule has 3 heterocycles. The first-order valence-corrected chi connectivity index (χ1v) is 10.6. The molecule has 31 heavy (non-hydrogen) atoms. The maximum atomic E-state index is 13.1. The standard InChI is InChI=1S/C21H27F3N4O3/c22-21(23,24)12-27-9-7-13-5-6-17(28(13)20(30)15(25)11-27)19(29)26-16-8-10-31-18-4-2-1-3-14(16)18/h1-4,13,15-17H,5-12,25H2,(H,26,29)/t13-,15+,16-,17+/m1/s1. The number of alkyl halides is 3. The molecule has 0 saturated carbocycles. The Morgan fingerprint density at radius 1 is 1.19 bits per heavy atom. The van der Waals surface area contributed by atoms with Crippen LogP contribution in [-0.2, 0) is 9.59 Å². The summed E-state index contributed by atoms with van der Waals surface area (Å²) in [5, 5.41) is 3.05. The number of nitrogens with two attached hydrogens (primary N) is 1. The van der Waals surface area contributed by atoms with E-state index in [-0.39, 0.29) is 31.1 Å². The van der Waals surface area contributed by atoms with Crippen LogP contribution in [-0.4, -0.2) is 72.2 Å². The van der Waals surface area contributed by atoms with Crippen molar-refractivity contribution in [3.63, 3.8) is 0 Å². The summed E-state index contributed by atoms with van der Waals surface area (Å²) in [6, 6.07) is 5.26. The summed E-state index contributed by atoms with van der Waals surface area (Å²) < 4.78 is 44.1. The fourth-order valence-corrected chi connectivity index (χ4v) is 4.88. The van der Waals surface area contributed by atoms with Gasteiger partial charge in [-0.1, -0.05) is 18.2 Å². The Labute approximate surface area is 178 Å². The molecule has 2 fully saturated rings. The number of carbonyl (C=O) groups is 2. The number of para-hydroxylation sites is 1. The number of fused-ring (bicyclic) bond motifs is 2. The molecule has 0 spiro atoms. The smallest absolute Gasteiger partial charge is 0.401 e. The van der Waals surface area contributed by atoms with Gasteiger partial charge in [0.2, 0.25) is 11.8 Å². The number of halogens is 3. The summed E-state index contributed by atoms with van der Waals surface area (Å²) in [4.78, 5) is 28.8. The second kappa shape index (κ2) is 8.66. The number of hydrogen-bond acceptors (Lipinski definition) is 5. The quantitative estimate of drug-likeness (QED) is 0.745. The average Bonchev–Trinajstić information content (AvgIpc) is 3.13. The fraction of sp³-hybridized carbons (Fsp3) is 0.619. The molecule has 7 nitrogen and oxygen atoms in total. The molecule has 0 aliphatic carbocycles. The van der Waals surface area contributed by atoms with E-state index in [0.29, 0.717) is 32.3 Å². The van der Waals surface area contributed by atoms with Crippen LogP contribution in [0.1, 0.15) is 37.3 Å². The third kappa shape index (κ3) is 4.79. The zero-order valence-corrected chi connectivity index (χ0v) is 17.1. The Hall–Kier alpha value is -2.33. The number of carbonyl (C=O) groups excluding carboxylic acids is 2. The highest BCUT2D eigenvalue weighted by Gasteiger charge is 2.45. The van der Waals surface area contributed by atoms with E-state index in [1.165, 1.54) is 9.80 Å². The lowest BCUT2D eigenvalue weighted by molar-refractivity contribution is -0.153. The Morgan fingerprint density at radius 2 is 1.97 bits per heavy atom. The van der Waals surface area contributed by atoms with Gasteiger partial charge in [-0.05, 0) is 25.3 Å². The molecule has 1 aromatic carbocycles. The zero-order chi connectivity index (χ0) is 22.2. The topological polar surface area (TPSA) is 87.9 Å². The minimum absolute atomic E-state index is 0.177. The van der Waals surface area contributed by atoms with Gasteiger partial charge in [0.25, 0.3) is 0 Å². The summed E-state index contributed by atoms with van der Waals surface area (Å²) in [6.07, 6.45) is -2.29. The van der Waals surface area contributed by atoms with Crippen LogP contribution in [0.4, 0.5) is 13.2 Å². The van der Waals surface area contributed by atoms with Gasteiger partial charge in [0, 0.05) is 31.1 Å². The van der Waals surface area contributed by atoms with E-state index in [2.05, 4.69) is 5.32 Å². The van der Waals surface area contributed by atoms with E-state index in [1.807, 2.05) is 24.3 Å². The lowest BCUT2D eigenvalue weighted by atomic mass is 10.00. The molecule has 4 atom stereocenters. The molecule has 0 unspecified atom stereocenters. The maximum absolute atomic E-state index is 13.1. The summed E-state index contributed by atoms with van der Waals surface area (Å²) >= 11 is 0. The largest absolute Gasteiger partial charge is 0.493 e. The summed E-state index contributed by atoms with van der Waals surface area (Å²) in [7, 11) is 0. The molecule has 3 N–H and O–H groups in total. The lowest BCUT2D eigenvalue weighted by Gasteiger charge is -2.38. The normalized spacial score (nSPS) is 29.4. The number of benzene rings is 1. The Kier molecular flexibility index (Phi) is 6.11. The van der Waals surface area contributed by atoms with Crippen LogP contribution in [0.15, 0.2) is 24.3 Å². The monoisotopic (exact) mass is 440 g/mol. The Morgan fingerprint density at radius 3 is 2.74 bits per heavy atom. The third-order valence-corrected chi connectivity index (χ3v) is 6.29. The molecule has 3 aliphatic rings. The molecular weight excluding hydrogens is 413 g/mol. The van der Waals surface area contributed by atoms with E-state index in [1.54, 1.807) is 0 Å². The molecule has 4 rings (SSSR count). The van der Waals surface area contributed by atoms with Crippen molar-refractivity contribution in [1.82, 2.24) is 15.1 Å². The minimum atomic E-state index is -4.35. The zero-order valence-electron chi connectivity index (χ0n) is 17.1. The van der Waals surface area contributed by atoms with E-state index in [4.69, 9.17) is 10.5 Å². The first-order chi connectivity index (χ1) is 14.7. The molecule has 10 heteroatoms. The molecule has 0 bridgehead atoms. The van der Waals surface area contributed by atoms with Crippen molar-refractivity contribution in [2.24, 2.45) is 5.73 Å². The summed E-state index contributed by atoms with van der Waals surface area (Å²) in [5.41, 5.74) is 6.87. The molecular formula is C21H27F3N4O3. The van der Waals surface area contributed by atoms with E-state index in [9.17, 15) is 22.8 Å². The molecule has 1 aromatic rings. The predicted molar refractivity (Wildman–Crippen MR) is 106 cm³/mol. The van der Waals surface area contributed by atoms with Gasteiger partial charge in [0.15, 0.2) is 0 Å². The van der Waals surface area contributed by atoms with Crippen molar-refractivity contribution in [2.75, 3.05) is 26.2 Å². The van der Waals surface area contributed by atoms with Gasteiger partial charge in [-0.25, -0.2) is 0 Å². The van der Waals surface area contributed by atoms with Crippen LogP contribution in [0.5, 0.6) is 5.75 Å². The van der Waals surface area contributed by atoms with E-state index >= 15 is 0 Å². The van der Waals surface area contributed by atoms with Gasteiger partial charge in [-0.3, -0.25) is 14.5 Å².